The third kappa shape index (κ3) is 6.83. The molecule has 1 nitrogen and oxygen atoms in total. The van der Waals surface area contributed by atoms with E-state index in [9.17, 15) is 0 Å². The Morgan fingerprint density at radius 3 is 1.12 bits per heavy atom. The standard InChI is InChI=1S/C58H43NSi/c1-6-19-45(20-7-1)56-33-17-21-47-22-18-34-57(58(47)56)46-37-41-51(42-38-46)59(49-24-8-2-9-25-49)50-39-35-44(36-40-50)48-23-16-32-55(43-48)60(52-26-10-3-11-27-52,53-28-12-4-13-29-53)54-30-14-5-15-31-54/h1-43H. The molecule has 10 aromatic rings. The largest absolute Gasteiger partial charge is 0.311 e. The highest BCUT2D eigenvalue weighted by atomic mass is 28.3. The summed E-state index contributed by atoms with van der Waals surface area (Å²) in [5.41, 5.74) is 10.6. The number of rotatable bonds is 10. The molecule has 0 aliphatic rings. The van der Waals surface area contributed by atoms with Crippen LogP contribution in [0, 0.1) is 0 Å². The Hall–Kier alpha value is -7.52. The molecule has 0 radical (unpaired) electrons. The van der Waals surface area contributed by atoms with E-state index in [1.807, 2.05) is 0 Å². The van der Waals surface area contributed by atoms with E-state index in [1.54, 1.807) is 0 Å². The van der Waals surface area contributed by atoms with Crippen LogP contribution in [0.5, 0.6) is 0 Å². The molecule has 0 aliphatic carbocycles. The SMILES string of the molecule is c1ccc(-c2cccc3cccc(-c4ccc(N(c5ccccc5)c5ccc(-c6cccc([Si](c7ccccc7)(c7ccccc7)c7ccccc7)c6)cc5)cc4)c23)cc1. The smallest absolute Gasteiger partial charge is 0.179 e. The van der Waals surface area contributed by atoms with Gasteiger partial charge in [-0.05, 0) is 101 Å². The zero-order valence-electron chi connectivity index (χ0n) is 33.3. The Morgan fingerprint density at radius 1 is 0.250 bits per heavy atom. The Bertz CT molecular complexity index is 2880. The van der Waals surface area contributed by atoms with Crippen LogP contribution in [0.2, 0.25) is 0 Å². The van der Waals surface area contributed by atoms with Crippen molar-refractivity contribution in [3.63, 3.8) is 0 Å². The summed E-state index contributed by atoms with van der Waals surface area (Å²) in [7, 11) is -2.65. The maximum atomic E-state index is 2.44. The fourth-order valence-corrected chi connectivity index (χ4v) is 13.8. The lowest BCUT2D eigenvalue weighted by Crippen LogP contribution is -2.74. The summed E-state index contributed by atoms with van der Waals surface area (Å²) < 4.78 is 0. The summed E-state index contributed by atoms with van der Waals surface area (Å²) in [6.07, 6.45) is 0. The van der Waals surface area contributed by atoms with Gasteiger partial charge in [-0.15, -0.1) is 0 Å². The highest BCUT2D eigenvalue weighted by molar-refractivity contribution is 7.19. The zero-order chi connectivity index (χ0) is 40.1. The molecule has 0 fully saturated rings. The van der Waals surface area contributed by atoms with E-state index in [0.717, 1.165) is 17.1 Å². The van der Waals surface area contributed by atoms with Gasteiger partial charge in [0.05, 0.1) is 0 Å². The Kier molecular flexibility index (Phi) is 10.0. The third-order valence-electron chi connectivity index (χ3n) is 11.8. The first-order valence-electron chi connectivity index (χ1n) is 20.7. The fourth-order valence-electron chi connectivity index (χ4n) is 9.05. The van der Waals surface area contributed by atoms with Crippen molar-refractivity contribution in [2.24, 2.45) is 0 Å². The first kappa shape index (κ1) is 36.8. The summed E-state index contributed by atoms with van der Waals surface area (Å²) >= 11 is 0. The molecular formula is C58H43NSi. The molecule has 10 aromatic carbocycles. The normalized spacial score (nSPS) is 11.3. The van der Waals surface area contributed by atoms with Crippen LogP contribution in [-0.2, 0) is 0 Å². The molecule has 0 amide bonds. The van der Waals surface area contributed by atoms with Gasteiger partial charge in [-0.25, -0.2) is 0 Å². The fraction of sp³-hybridized carbons (Fsp3) is 0. The van der Waals surface area contributed by atoms with E-state index in [0.29, 0.717) is 0 Å². The molecule has 10 rings (SSSR count). The maximum absolute atomic E-state index is 2.65. The van der Waals surface area contributed by atoms with Crippen LogP contribution < -0.4 is 25.6 Å². The van der Waals surface area contributed by atoms with Crippen LogP contribution in [0.15, 0.2) is 261 Å². The van der Waals surface area contributed by atoms with Gasteiger partial charge in [0.25, 0.3) is 0 Å². The van der Waals surface area contributed by atoms with Crippen molar-refractivity contribution in [2.75, 3.05) is 4.90 Å². The predicted molar refractivity (Wildman–Crippen MR) is 259 cm³/mol. The molecule has 0 aliphatic heterocycles. The highest BCUT2D eigenvalue weighted by Crippen LogP contribution is 2.40. The number of hydrogen-bond donors (Lipinski definition) is 0. The molecule has 0 saturated carbocycles. The van der Waals surface area contributed by atoms with Crippen molar-refractivity contribution in [1.82, 2.24) is 0 Å². The molecule has 60 heavy (non-hydrogen) atoms. The monoisotopic (exact) mass is 781 g/mol. The summed E-state index contributed by atoms with van der Waals surface area (Å²) in [5.74, 6) is 0. The van der Waals surface area contributed by atoms with Gasteiger partial charge in [0, 0.05) is 17.1 Å². The Morgan fingerprint density at radius 2 is 0.617 bits per heavy atom. The van der Waals surface area contributed by atoms with Crippen LogP contribution in [0.4, 0.5) is 17.1 Å². The summed E-state index contributed by atoms with van der Waals surface area (Å²) in [4.78, 5) is 2.35. The van der Waals surface area contributed by atoms with Crippen molar-refractivity contribution < 1.29 is 0 Å². The Balaban J connectivity index is 1.03. The van der Waals surface area contributed by atoms with Crippen molar-refractivity contribution in [2.45, 2.75) is 0 Å². The van der Waals surface area contributed by atoms with Gasteiger partial charge < -0.3 is 4.90 Å². The van der Waals surface area contributed by atoms with E-state index in [4.69, 9.17) is 0 Å². The average Bonchev–Trinajstić information content (AvgIpc) is 3.34. The first-order chi connectivity index (χ1) is 29.8. The lowest BCUT2D eigenvalue weighted by atomic mass is 9.91. The molecule has 0 spiro atoms. The Labute approximate surface area is 354 Å². The van der Waals surface area contributed by atoms with Crippen molar-refractivity contribution in [3.05, 3.63) is 261 Å². The van der Waals surface area contributed by atoms with Crippen molar-refractivity contribution >= 4 is 56.7 Å². The van der Waals surface area contributed by atoms with Crippen LogP contribution in [0.3, 0.4) is 0 Å². The first-order valence-corrected chi connectivity index (χ1v) is 22.7. The topological polar surface area (TPSA) is 3.24 Å². The minimum Gasteiger partial charge on any atom is -0.311 e. The molecule has 0 bridgehead atoms. The number of nitrogens with zero attached hydrogens (tertiary/aromatic N) is 1. The summed E-state index contributed by atoms with van der Waals surface area (Å²) in [5, 5.41) is 7.99. The van der Waals surface area contributed by atoms with E-state index in [-0.39, 0.29) is 0 Å². The second-order valence-corrected chi connectivity index (χ2v) is 19.1. The quantitative estimate of drug-likeness (QED) is 0.0987. The second-order valence-electron chi connectivity index (χ2n) is 15.3. The number of anilines is 3. The van der Waals surface area contributed by atoms with E-state index < -0.39 is 8.07 Å². The van der Waals surface area contributed by atoms with Gasteiger partial charge in [0.15, 0.2) is 8.07 Å². The average molecular weight is 782 g/mol. The van der Waals surface area contributed by atoms with Gasteiger partial charge in [0.1, 0.15) is 0 Å². The minimum atomic E-state index is -2.65. The molecule has 0 saturated heterocycles. The number of hydrogen-bond acceptors (Lipinski definition) is 1. The number of para-hydroxylation sites is 1. The van der Waals surface area contributed by atoms with Gasteiger partial charge in [-0.3, -0.25) is 0 Å². The minimum absolute atomic E-state index is 1.10. The van der Waals surface area contributed by atoms with Crippen molar-refractivity contribution in [3.8, 4) is 33.4 Å². The zero-order valence-corrected chi connectivity index (χ0v) is 34.3. The number of benzene rings is 10. The van der Waals surface area contributed by atoms with Crippen LogP contribution in [-0.4, -0.2) is 8.07 Å². The lowest BCUT2D eigenvalue weighted by Gasteiger charge is -2.34. The maximum Gasteiger partial charge on any atom is 0.179 e. The molecular weight excluding hydrogens is 739 g/mol. The van der Waals surface area contributed by atoms with Gasteiger partial charge in [-0.2, -0.15) is 0 Å². The van der Waals surface area contributed by atoms with Gasteiger partial charge in [0.2, 0.25) is 0 Å². The molecule has 2 heteroatoms. The van der Waals surface area contributed by atoms with Crippen molar-refractivity contribution in [1.29, 1.82) is 0 Å². The molecule has 0 N–H and O–H groups in total. The molecule has 0 atom stereocenters. The number of fused-ring (bicyclic) bond motifs is 1. The van der Waals surface area contributed by atoms with Crippen LogP contribution in [0.25, 0.3) is 44.2 Å². The predicted octanol–water partition coefficient (Wildman–Crippen LogP) is 12.7. The lowest BCUT2D eigenvalue weighted by molar-refractivity contribution is 1.28. The molecule has 0 heterocycles. The summed E-state index contributed by atoms with van der Waals surface area (Å²) in [6.45, 7) is 0. The van der Waals surface area contributed by atoms with Crippen LogP contribution in [0.1, 0.15) is 0 Å². The van der Waals surface area contributed by atoms with E-state index in [2.05, 4.69) is 266 Å². The van der Waals surface area contributed by atoms with Gasteiger partial charge >= 0.3 is 0 Å². The molecule has 0 aromatic heterocycles. The molecule has 0 unspecified atom stereocenters. The van der Waals surface area contributed by atoms with E-state index >= 15 is 0 Å². The highest BCUT2D eigenvalue weighted by Gasteiger charge is 2.41. The third-order valence-corrected chi connectivity index (χ3v) is 16.6. The van der Waals surface area contributed by atoms with E-state index in [1.165, 1.54) is 64.9 Å². The summed E-state index contributed by atoms with van der Waals surface area (Å²) in [6, 6.07) is 95.4. The van der Waals surface area contributed by atoms with Crippen LogP contribution >= 0.6 is 0 Å². The molecule has 284 valence electrons. The second kappa shape index (κ2) is 16.4. The van der Waals surface area contributed by atoms with Gasteiger partial charge in [-0.1, -0.05) is 224 Å².